The molecule has 126 valence electrons. The molecule has 0 aliphatic carbocycles. The lowest BCUT2D eigenvalue weighted by atomic mass is 10.1. The zero-order valence-corrected chi connectivity index (χ0v) is 13.1. The smallest absolute Gasteiger partial charge is 0.361 e. The SMILES string of the molecule is O=S(=O)(NCc1cccc2[nH]ccc12)c1ccccc1C(F)(F)F. The van der Waals surface area contributed by atoms with Gasteiger partial charge < -0.3 is 4.98 Å². The van der Waals surface area contributed by atoms with Gasteiger partial charge in [-0.15, -0.1) is 0 Å². The van der Waals surface area contributed by atoms with Gasteiger partial charge in [0.05, 0.1) is 10.5 Å². The Bertz CT molecular complexity index is 978. The molecule has 2 N–H and O–H groups in total. The standard InChI is InChI=1S/C16H13F3N2O2S/c17-16(18,19)13-5-1-2-7-15(13)24(22,23)21-10-11-4-3-6-14-12(11)8-9-20-14/h1-9,20-21H,10H2. The Balaban J connectivity index is 1.92. The van der Waals surface area contributed by atoms with Crippen molar-refractivity contribution < 1.29 is 21.6 Å². The van der Waals surface area contributed by atoms with Gasteiger partial charge in [0.25, 0.3) is 0 Å². The molecule has 2 aromatic carbocycles. The van der Waals surface area contributed by atoms with Crippen LogP contribution >= 0.6 is 0 Å². The van der Waals surface area contributed by atoms with E-state index in [1.165, 1.54) is 6.07 Å². The predicted molar refractivity (Wildman–Crippen MR) is 83.8 cm³/mol. The molecule has 3 aromatic rings. The summed E-state index contributed by atoms with van der Waals surface area (Å²) >= 11 is 0. The van der Waals surface area contributed by atoms with Gasteiger partial charge in [0, 0.05) is 23.6 Å². The van der Waals surface area contributed by atoms with Gasteiger partial charge in [-0.05, 0) is 29.8 Å². The number of sulfonamides is 1. The first-order valence-electron chi connectivity index (χ1n) is 7.00. The minimum Gasteiger partial charge on any atom is -0.361 e. The third kappa shape index (κ3) is 3.15. The van der Waals surface area contributed by atoms with Crippen molar-refractivity contribution in [2.75, 3.05) is 0 Å². The van der Waals surface area contributed by atoms with Gasteiger partial charge in [0.1, 0.15) is 0 Å². The van der Waals surface area contributed by atoms with Crippen molar-refractivity contribution in [3.8, 4) is 0 Å². The molecule has 0 aliphatic heterocycles. The quantitative estimate of drug-likeness (QED) is 0.751. The Morgan fingerprint density at radius 3 is 2.50 bits per heavy atom. The van der Waals surface area contributed by atoms with Crippen LogP contribution < -0.4 is 4.72 Å². The first-order valence-corrected chi connectivity index (χ1v) is 8.48. The molecular weight excluding hydrogens is 341 g/mol. The molecule has 0 atom stereocenters. The van der Waals surface area contributed by atoms with E-state index in [0.29, 0.717) is 5.56 Å². The summed E-state index contributed by atoms with van der Waals surface area (Å²) in [5, 5.41) is 0.810. The highest BCUT2D eigenvalue weighted by atomic mass is 32.2. The van der Waals surface area contributed by atoms with Gasteiger partial charge in [0.2, 0.25) is 10.0 Å². The molecule has 0 unspecified atom stereocenters. The fourth-order valence-electron chi connectivity index (χ4n) is 2.49. The fraction of sp³-hybridized carbons (Fsp3) is 0.125. The number of hydrogen-bond donors (Lipinski definition) is 2. The normalized spacial score (nSPS) is 12.6. The number of halogens is 3. The summed E-state index contributed by atoms with van der Waals surface area (Å²) in [5.41, 5.74) is 0.307. The second-order valence-corrected chi connectivity index (χ2v) is 6.91. The molecule has 24 heavy (non-hydrogen) atoms. The van der Waals surface area contributed by atoms with E-state index in [2.05, 4.69) is 9.71 Å². The van der Waals surface area contributed by atoms with Crippen LogP contribution in [0.25, 0.3) is 10.9 Å². The van der Waals surface area contributed by atoms with E-state index in [1.807, 2.05) is 6.07 Å². The van der Waals surface area contributed by atoms with E-state index < -0.39 is 26.7 Å². The summed E-state index contributed by atoms with van der Waals surface area (Å²) in [7, 11) is -4.30. The number of rotatable bonds is 4. The molecule has 0 saturated heterocycles. The van der Waals surface area contributed by atoms with Crippen LogP contribution in [-0.4, -0.2) is 13.4 Å². The minimum atomic E-state index is -4.74. The summed E-state index contributed by atoms with van der Waals surface area (Å²) in [4.78, 5) is 2.21. The number of fused-ring (bicyclic) bond motifs is 1. The second kappa shape index (κ2) is 5.95. The van der Waals surface area contributed by atoms with Crippen LogP contribution in [0.3, 0.4) is 0 Å². The van der Waals surface area contributed by atoms with Gasteiger partial charge in [-0.2, -0.15) is 13.2 Å². The maximum Gasteiger partial charge on any atom is 0.417 e. The molecule has 1 heterocycles. The highest BCUT2D eigenvalue weighted by Gasteiger charge is 2.36. The van der Waals surface area contributed by atoms with Gasteiger partial charge >= 0.3 is 6.18 Å². The summed E-state index contributed by atoms with van der Waals surface area (Å²) < 4.78 is 65.9. The Labute approximate surface area is 136 Å². The lowest BCUT2D eigenvalue weighted by Gasteiger charge is -2.14. The topological polar surface area (TPSA) is 62.0 Å². The second-order valence-electron chi connectivity index (χ2n) is 5.17. The van der Waals surface area contributed by atoms with Crippen molar-refractivity contribution in [1.29, 1.82) is 0 Å². The van der Waals surface area contributed by atoms with Gasteiger partial charge in [0.15, 0.2) is 0 Å². The zero-order valence-electron chi connectivity index (χ0n) is 12.3. The summed E-state index contributed by atoms with van der Waals surface area (Å²) in [6, 6.07) is 11.2. The number of aromatic amines is 1. The third-order valence-electron chi connectivity index (χ3n) is 3.62. The Morgan fingerprint density at radius 2 is 1.75 bits per heavy atom. The summed E-state index contributed by atoms with van der Waals surface area (Å²) in [6.45, 7) is -0.107. The van der Waals surface area contributed by atoms with E-state index in [9.17, 15) is 21.6 Å². The van der Waals surface area contributed by atoms with Crippen LogP contribution in [0.2, 0.25) is 0 Å². The number of alkyl halides is 3. The van der Waals surface area contributed by atoms with Crippen molar-refractivity contribution in [2.24, 2.45) is 0 Å². The lowest BCUT2D eigenvalue weighted by molar-refractivity contribution is -0.139. The molecule has 0 aliphatic rings. The molecule has 8 heteroatoms. The number of H-pyrrole nitrogens is 1. The van der Waals surface area contributed by atoms with E-state index in [0.717, 1.165) is 29.1 Å². The lowest BCUT2D eigenvalue weighted by Crippen LogP contribution is -2.26. The number of benzene rings is 2. The van der Waals surface area contributed by atoms with Crippen LogP contribution in [-0.2, 0) is 22.7 Å². The van der Waals surface area contributed by atoms with Gasteiger partial charge in [-0.1, -0.05) is 24.3 Å². The number of hydrogen-bond acceptors (Lipinski definition) is 2. The van der Waals surface area contributed by atoms with E-state index >= 15 is 0 Å². The Kier molecular flexibility index (Phi) is 4.10. The first kappa shape index (κ1) is 16.5. The number of nitrogens with one attached hydrogen (secondary N) is 2. The average Bonchev–Trinajstić information content (AvgIpc) is 3.01. The predicted octanol–water partition coefficient (Wildman–Crippen LogP) is 3.67. The molecule has 3 rings (SSSR count). The summed E-state index contributed by atoms with van der Waals surface area (Å²) in [5.74, 6) is 0. The molecular formula is C16H13F3N2O2S. The maximum absolute atomic E-state index is 13.0. The zero-order chi connectivity index (χ0) is 17.4. The van der Waals surface area contributed by atoms with Crippen LogP contribution in [0.15, 0.2) is 59.6 Å². The van der Waals surface area contributed by atoms with Crippen LogP contribution in [0.1, 0.15) is 11.1 Å². The molecule has 0 saturated carbocycles. The van der Waals surface area contributed by atoms with Crippen molar-refractivity contribution in [3.05, 3.63) is 65.9 Å². The summed E-state index contributed by atoms with van der Waals surface area (Å²) in [6.07, 6.45) is -3.03. The molecule has 1 aromatic heterocycles. The Hall–Kier alpha value is -2.32. The highest BCUT2D eigenvalue weighted by Crippen LogP contribution is 2.34. The molecule has 0 spiro atoms. The molecule has 4 nitrogen and oxygen atoms in total. The maximum atomic E-state index is 13.0. The van der Waals surface area contributed by atoms with Crippen molar-refractivity contribution >= 4 is 20.9 Å². The average molecular weight is 354 g/mol. The number of aromatic nitrogens is 1. The largest absolute Gasteiger partial charge is 0.417 e. The van der Waals surface area contributed by atoms with Gasteiger partial charge in [-0.25, -0.2) is 13.1 Å². The fourth-order valence-corrected chi connectivity index (χ4v) is 3.72. The monoisotopic (exact) mass is 354 g/mol. The van der Waals surface area contributed by atoms with E-state index in [4.69, 9.17) is 0 Å². The van der Waals surface area contributed by atoms with Crippen molar-refractivity contribution in [1.82, 2.24) is 9.71 Å². The molecule has 0 radical (unpaired) electrons. The molecule has 0 fully saturated rings. The first-order chi connectivity index (χ1) is 11.3. The highest BCUT2D eigenvalue weighted by molar-refractivity contribution is 7.89. The van der Waals surface area contributed by atoms with E-state index in [1.54, 1.807) is 24.4 Å². The van der Waals surface area contributed by atoms with Crippen LogP contribution in [0.4, 0.5) is 13.2 Å². The van der Waals surface area contributed by atoms with Crippen molar-refractivity contribution in [3.63, 3.8) is 0 Å². The van der Waals surface area contributed by atoms with Crippen molar-refractivity contribution in [2.45, 2.75) is 17.6 Å². The molecule has 0 bridgehead atoms. The van der Waals surface area contributed by atoms with Crippen LogP contribution in [0, 0.1) is 0 Å². The molecule has 0 amide bonds. The third-order valence-corrected chi connectivity index (χ3v) is 5.08. The Morgan fingerprint density at radius 1 is 1.00 bits per heavy atom. The van der Waals surface area contributed by atoms with E-state index in [-0.39, 0.29) is 6.54 Å². The minimum absolute atomic E-state index is 0.107. The van der Waals surface area contributed by atoms with Crippen LogP contribution in [0.5, 0.6) is 0 Å². The van der Waals surface area contributed by atoms with Gasteiger partial charge in [-0.3, -0.25) is 0 Å².